The number of hydrogen-bond acceptors (Lipinski definition) is 3. The Kier molecular flexibility index (Phi) is 3.29. The van der Waals surface area contributed by atoms with Crippen LogP contribution in [0.3, 0.4) is 0 Å². The van der Waals surface area contributed by atoms with Crippen molar-refractivity contribution in [2.45, 2.75) is 25.2 Å². The summed E-state index contributed by atoms with van der Waals surface area (Å²) in [4.78, 5) is 32.5. The number of carbonyl (C=O) groups is 1. The normalized spacial score (nSPS) is 22.1. The van der Waals surface area contributed by atoms with Gasteiger partial charge in [0.1, 0.15) is 0 Å². The topological polar surface area (TPSA) is 66.1 Å². The van der Waals surface area contributed by atoms with Crippen LogP contribution in [-0.2, 0) is 0 Å². The maximum Gasteiger partial charge on any atom is 0.289 e. The van der Waals surface area contributed by atoms with E-state index in [0.29, 0.717) is 12.5 Å². The van der Waals surface area contributed by atoms with Crippen molar-refractivity contribution in [1.29, 1.82) is 0 Å². The molecule has 2 aliphatic rings. The third-order valence-electron chi connectivity index (χ3n) is 5.36. The first-order valence-corrected chi connectivity index (χ1v) is 8.08. The Morgan fingerprint density at radius 1 is 1.22 bits per heavy atom. The molecule has 1 saturated carbocycles. The standard InChI is InChI=1S/C18H19N3O2/c22-15-7-10-19-16(20-15)17(23)21-11-14(13-5-2-1-3-6-13)18(12-21)8-4-9-18/h1-3,5-7,10,14H,4,8-9,11-12H2,(H,19,20,22)/t14-/m1/s1. The van der Waals surface area contributed by atoms with Gasteiger partial charge in [-0.05, 0) is 23.8 Å². The van der Waals surface area contributed by atoms with Crippen LogP contribution in [0.1, 0.15) is 41.4 Å². The van der Waals surface area contributed by atoms with Gasteiger partial charge >= 0.3 is 0 Å². The van der Waals surface area contributed by atoms with Crippen molar-refractivity contribution in [3.8, 4) is 0 Å². The zero-order chi connectivity index (χ0) is 15.9. The van der Waals surface area contributed by atoms with Crippen LogP contribution >= 0.6 is 0 Å². The van der Waals surface area contributed by atoms with E-state index in [1.165, 1.54) is 24.2 Å². The Hall–Kier alpha value is -2.43. The summed E-state index contributed by atoms with van der Waals surface area (Å²) in [7, 11) is 0. The van der Waals surface area contributed by atoms with Crippen molar-refractivity contribution in [3.63, 3.8) is 0 Å². The molecular formula is C18H19N3O2. The van der Waals surface area contributed by atoms with Gasteiger partial charge in [-0.15, -0.1) is 0 Å². The molecule has 1 N–H and O–H groups in total. The highest BCUT2D eigenvalue weighted by atomic mass is 16.2. The second-order valence-electron chi connectivity index (χ2n) is 6.65. The van der Waals surface area contributed by atoms with Crippen LogP contribution in [0.5, 0.6) is 0 Å². The van der Waals surface area contributed by atoms with Gasteiger partial charge < -0.3 is 9.88 Å². The average Bonchev–Trinajstić information content (AvgIpc) is 2.96. The van der Waals surface area contributed by atoms with Gasteiger partial charge in [0.2, 0.25) is 0 Å². The lowest BCUT2D eigenvalue weighted by molar-refractivity contribution is 0.0713. The minimum Gasteiger partial charge on any atom is -0.335 e. The summed E-state index contributed by atoms with van der Waals surface area (Å²) in [5.74, 6) is 0.338. The van der Waals surface area contributed by atoms with Gasteiger partial charge in [-0.1, -0.05) is 36.8 Å². The van der Waals surface area contributed by atoms with Crippen LogP contribution in [0.25, 0.3) is 0 Å². The van der Waals surface area contributed by atoms with Crippen molar-refractivity contribution < 1.29 is 4.79 Å². The highest BCUT2D eigenvalue weighted by molar-refractivity contribution is 5.90. The van der Waals surface area contributed by atoms with Crippen LogP contribution in [-0.4, -0.2) is 33.9 Å². The summed E-state index contributed by atoms with van der Waals surface area (Å²) in [5, 5.41) is 0. The predicted molar refractivity (Wildman–Crippen MR) is 86.2 cm³/mol. The summed E-state index contributed by atoms with van der Waals surface area (Å²) >= 11 is 0. The molecule has 1 saturated heterocycles. The van der Waals surface area contributed by atoms with Crippen LogP contribution in [0.4, 0.5) is 0 Å². The zero-order valence-corrected chi connectivity index (χ0v) is 12.9. The minimum atomic E-state index is -0.291. The lowest BCUT2D eigenvalue weighted by atomic mass is 9.61. The van der Waals surface area contributed by atoms with E-state index in [4.69, 9.17) is 0 Å². The Balaban J connectivity index is 1.63. The van der Waals surface area contributed by atoms with Gasteiger partial charge in [-0.2, -0.15) is 0 Å². The van der Waals surface area contributed by atoms with E-state index in [-0.39, 0.29) is 22.7 Å². The van der Waals surface area contributed by atoms with E-state index in [1.54, 1.807) is 0 Å². The fourth-order valence-corrected chi connectivity index (χ4v) is 4.03. The molecule has 4 rings (SSSR count). The highest BCUT2D eigenvalue weighted by Gasteiger charge is 2.52. The summed E-state index contributed by atoms with van der Waals surface area (Å²) in [5.41, 5.74) is 1.21. The van der Waals surface area contributed by atoms with Crippen LogP contribution < -0.4 is 5.56 Å². The number of H-pyrrole nitrogens is 1. The van der Waals surface area contributed by atoms with E-state index in [2.05, 4.69) is 34.2 Å². The number of benzene rings is 1. The van der Waals surface area contributed by atoms with Gasteiger partial charge in [0, 0.05) is 31.3 Å². The molecule has 1 amide bonds. The van der Waals surface area contributed by atoms with Crippen LogP contribution in [0.15, 0.2) is 47.4 Å². The molecule has 2 fully saturated rings. The average molecular weight is 309 g/mol. The molecule has 1 aromatic heterocycles. The van der Waals surface area contributed by atoms with E-state index in [1.807, 2.05) is 11.0 Å². The number of hydrogen-bond donors (Lipinski definition) is 1. The number of aromatic nitrogens is 2. The number of nitrogens with zero attached hydrogens (tertiary/aromatic N) is 2. The van der Waals surface area contributed by atoms with Crippen molar-refractivity contribution in [1.82, 2.24) is 14.9 Å². The van der Waals surface area contributed by atoms with Gasteiger partial charge in [-0.25, -0.2) is 4.98 Å². The number of aromatic amines is 1. The Labute approximate surface area is 134 Å². The molecular weight excluding hydrogens is 290 g/mol. The Morgan fingerprint density at radius 3 is 2.65 bits per heavy atom. The number of carbonyl (C=O) groups excluding carboxylic acids is 1. The lowest BCUT2D eigenvalue weighted by Crippen LogP contribution is -2.38. The maximum atomic E-state index is 12.7. The molecule has 0 unspecified atom stereocenters. The van der Waals surface area contributed by atoms with Crippen molar-refractivity contribution in [2.24, 2.45) is 5.41 Å². The number of nitrogens with one attached hydrogen (secondary N) is 1. The fourth-order valence-electron chi connectivity index (χ4n) is 4.03. The van der Waals surface area contributed by atoms with E-state index < -0.39 is 0 Å². The van der Waals surface area contributed by atoms with E-state index in [9.17, 15) is 9.59 Å². The number of rotatable bonds is 2. The highest BCUT2D eigenvalue weighted by Crippen LogP contribution is 2.55. The second kappa shape index (κ2) is 5.33. The third kappa shape index (κ3) is 2.36. The molecule has 1 aliphatic carbocycles. The third-order valence-corrected chi connectivity index (χ3v) is 5.36. The van der Waals surface area contributed by atoms with Gasteiger partial charge in [0.05, 0.1) is 0 Å². The molecule has 118 valence electrons. The molecule has 1 atom stereocenters. The first-order chi connectivity index (χ1) is 11.2. The molecule has 1 aromatic carbocycles. The smallest absolute Gasteiger partial charge is 0.289 e. The van der Waals surface area contributed by atoms with Crippen LogP contribution in [0, 0.1) is 5.41 Å². The minimum absolute atomic E-state index is 0.140. The second-order valence-corrected chi connectivity index (χ2v) is 6.65. The summed E-state index contributed by atoms with van der Waals surface area (Å²) in [6.07, 6.45) is 4.94. The quantitative estimate of drug-likeness (QED) is 0.924. The molecule has 5 nitrogen and oxygen atoms in total. The van der Waals surface area contributed by atoms with Gasteiger partial charge in [0.15, 0.2) is 5.82 Å². The largest absolute Gasteiger partial charge is 0.335 e. The molecule has 2 aromatic rings. The summed E-state index contributed by atoms with van der Waals surface area (Å²) < 4.78 is 0. The molecule has 23 heavy (non-hydrogen) atoms. The van der Waals surface area contributed by atoms with Crippen molar-refractivity contribution in [3.05, 3.63) is 64.3 Å². The zero-order valence-electron chi connectivity index (χ0n) is 12.9. The predicted octanol–water partition coefficient (Wildman–Crippen LogP) is 2.18. The van der Waals surface area contributed by atoms with Crippen molar-refractivity contribution >= 4 is 5.91 Å². The molecule has 2 heterocycles. The Bertz CT molecular complexity index is 780. The van der Waals surface area contributed by atoms with E-state index in [0.717, 1.165) is 19.4 Å². The van der Waals surface area contributed by atoms with E-state index >= 15 is 0 Å². The summed E-state index contributed by atoms with van der Waals surface area (Å²) in [6.45, 7) is 1.45. The van der Waals surface area contributed by atoms with Crippen molar-refractivity contribution in [2.75, 3.05) is 13.1 Å². The monoisotopic (exact) mass is 309 g/mol. The number of amides is 1. The lowest BCUT2D eigenvalue weighted by Gasteiger charge is -2.43. The fraction of sp³-hybridized carbons (Fsp3) is 0.389. The SMILES string of the molecule is O=C(c1nccc(=O)[nH]1)N1C[C@H](c2ccccc2)C2(CCC2)C1. The summed E-state index contributed by atoms with van der Waals surface area (Å²) in [6, 6.07) is 11.8. The molecule has 0 radical (unpaired) electrons. The Morgan fingerprint density at radius 2 is 2.00 bits per heavy atom. The first kappa shape index (κ1) is 14.2. The number of likely N-dealkylation sites (tertiary alicyclic amines) is 1. The molecule has 0 bridgehead atoms. The molecule has 5 heteroatoms. The molecule has 1 spiro atoms. The first-order valence-electron chi connectivity index (χ1n) is 8.08. The van der Waals surface area contributed by atoms with Crippen LogP contribution in [0.2, 0.25) is 0 Å². The van der Waals surface area contributed by atoms with Gasteiger partial charge in [0.25, 0.3) is 11.5 Å². The molecule has 1 aliphatic heterocycles. The van der Waals surface area contributed by atoms with Gasteiger partial charge in [-0.3, -0.25) is 9.59 Å². The maximum absolute atomic E-state index is 12.7.